The van der Waals surface area contributed by atoms with Crippen LogP contribution in [0, 0.1) is 6.92 Å². The molecule has 1 aromatic carbocycles. The van der Waals surface area contributed by atoms with Crippen molar-refractivity contribution in [3.05, 3.63) is 53.4 Å². The first-order valence-electron chi connectivity index (χ1n) is 6.54. The maximum absolute atomic E-state index is 12.4. The highest BCUT2D eigenvalue weighted by Crippen LogP contribution is 2.35. The van der Waals surface area contributed by atoms with Gasteiger partial charge in [-0.15, -0.1) is 11.8 Å². The van der Waals surface area contributed by atoms with Gasteiger partial charge in [0.25, 0.3) is 5.91 Å². The highest BCUT2D eigenvalue weighted by Gasteiger charge is 2.23. The van der Waals surface area contributed by atoms with Gasteiger partial charge in [-0.3, -0.25) is 10.1 Å². The Kier molecular flexibility index (Phi) is 3.96. The van der Waals surface area contributed by atoms with Crippen molar-refractivity contribution < 1.29 is 14.1 Å². The van der Waals surface area contributed by atoms with E-state index in [2.05, 4.69) is 10.5 Å². The largest absolute Gasteiger partial charge is 0.486 e. The summed E-state index contributed by atoms with van der Waals surface area (Å²) in [5.41, 5.74) is 1.68. The fraction of sp³-hybridized carbons (Fsp3) is 0.200. The van der Waals surface area contributed by atoms with Crippen LogP contribution in [-0.4, -0.2) is 23.4 Å². The molecule has 1 amide bonds. The first-order valence-corrected chi connectivity index (χ1v) is 7.52. The number of amides is 1. The molecule has 2 heterocycles. The monoisotopic (exact) mass is 302 g/mol. The molecule has 1 aromatic heterocycles. The summed E-state index contributed by atoms with van der Waals surface area (Å²) >= 11 is 1.62. The van der Waals surface area contributed by atoms with Crippen molar-refractivity contribution in [1.29, 1.82) is 0 Å². The molecular weight excluding hydrogens is 288 g/mol. The van der Waals surface area contributed by atoms with Crippen molar-refractivity contribution >= 4 is 28.5 Å². The number of aryl methyl sites for hydroxylation is 1. The number of thioether (sulfide) groups is 1. The molecule has 1 aliphatic heterocycles. The Bertz CT molecular complexity index is 679. The minimum atomic E-state index is -0.322. The Morgan fingerprint density at radius 2 is 2.14 bits per heavy atom. The second-order valence-corrected chi connectivity index (χ2v) is 5.61. The van der Waals surface area contributed by atoms with Crippen molar-refractivity contribution in [1.82, 2.24) is 5.16 Å². The third-order valence-electron chi connectivity index (χ3n) is 2.89. The van der Waals surface area contributed by atoms with Gasteiger partial charge in [-0.25, -0.2) is 0 Å². The highest BCUT2D eigenvalue weighted by molar-refractivity contribution is 8.08. The number of nitrogens with zero attached hydrogens (tertiary/aromatic N) is 1. The number of nitrogens with one attached hydrogen (secondary N) is 1. The van der Waals surface area contributed by atoms with E-state index >= 15 is 0 Å². The van der Waals surface area contributed by atoms with Crippen LogP contribution in [0.2, 0.25) is 0 Å². The zero-order valence-corrected chi connectivity index (χ0v) is 12.3. The molecule has 6 heteroatoms. The lowest BCUT2D eigenvalue weighted by Gasteiger charge is -2.20. The van der Waals surface area contributed by atoms with Crippen molar-refractivity contribution in [2.45, 2.75) is 6.92 Å². The average Bonchev–Trinajstić information content (AvgIpc) is 2.93. The van der Waals surface area contributed by atoms with Gasteiger partial charge in [-0.2, -0.15) is 0 Å². The molecule has 0 radical (unpaired) electrons. The second-order valence-electron chi connectivity index (χ2n) is 4.51. The van der Waals surface area contributed by atoms with E-state index in [0.717, 1.165) is 16.2 Å². The molecule has 1 aliphatic rings. The number of rotatable bonds is 3. The van der Waals surface area contributed by atoms with Crippen molar-refractivity contribution in [2.75, 3.05) is 17.7 Å². The SMILES string of the molecule is Cc1cc(NC(=O)C2=C(c3ccccc3)SCCO2)on1. The lowest BCUT2D eigenvalue weighted by molar-refractivity contribution is -0.116. The molecule has 0 atom stereocenters. The van der Waals surface area contributed by atoms with Gasteiger partial charge in [0.15, 0.2) is 5.76 Å². The van der Waals surface area contributed by atoms with Crippen molar-refractivity contribution in [3.8, 4) is 0 Å². The summed E-state index contributed by atoms with van der Waals surface area (Å²) in [6.07, 6.45) is 0. The van der Waals surface area contributed by atoms with Crippen LogP contribution >= 0.6 is 11.8 Å². The molecule has 0 fully saturated rings. The van der Waals surface area contributed by atoms with Crippen LogP contribution in [0.15, 0.2) is 46.7 Å². The van der Waals surface area contributed by atoms with E-state index in [1.807, 2.05) is 30.3 Å². The van der Waals surface area contributed by atoms with E-state index in [1.54, 1.807) is 24.8 Å². The van der Waals surface area contributed by atoms with Gasteiger partial charge in [0.05, 0.1) is 17.2 Å². The summed E-state index contributed by atoms with van der Waals surface area (Å²) < 4.78 is 10.6. The predicted molar refractivity (Wildman–Crippen MR) is 81.6 cm³/mol. The molecule has 0 unspecified atom stereocenters. The number of anilines is 1. The smallest absolute Gasteiger partial charge is 0.294 e. The Labute approximate surface area is 126 Å². The van der Waals surface area contributed by atoms with Crippen LogP contribution in [0.4, 0.5) is 5.88 Å². The summed E-state index contributed by atoms with van der Waals surface area (Å²) in [5, 5.41) is 6.41. The van der Waals surface area contributed by atoms with Gasteiger partial charge in [0.1, 0.15) is 0 Å². The van der Waals surface area contributed by atoms with Gasteiger partial charge >= 0.3 is 0 Å². The molecule has 0 spiro atoms. The fourth-order valence-electron chi connectivity index (χ4n) is 1.98. The molecule has 2 aromatic rings. The fourth-order valence-corrected chi connectivity index (χ4v) is 2.94. The molecule has 108 valence electrons. The summed E-state index contributed by atoms with van der Waals surface area (Å²) in [4.78, 5) is 13.2. The summed E-state index contributed by atoms with van der Waals surface area (Å²) in [7, 11) is 0. The number of carbonyl (C=O) groups is 1. The van der Waals surface area contributed by atoms with Crippen LogP contribution < -0.4 is 5.32 Å². The molecular formula is C15H14N2O3S. The first kappa shape index (κ1) is 13.8. The van der Waals surface area contributed by atoms with Crippen molar-refractivity contribution in [3.63, 3.8) is 0 Å². The van der Waals surface area contributed by atoms with E-state index < -0.39 is 0 Å². The van der Waals surface area contributed by atoms with Gasteiger partial charge in [-0.1, -0.05) is 35.5 Å². The molecule has 1 N–H and O–H groups in total. The molecule has 5 nitrogen and oxygen atoms in total. The van der Waals surface area contributed by atoms with Crippen LogP contribution in [0.5, 0.6) is 0 Å². The Morgan fingerprint density at radius 1 is 1.33 bits per heavy atom. The van der Waals surface area contributed by atoms with Gasteiger partial charge < -0.3 is 9.26 Å². The number of ether oxygens (including phenoxy) is 1. The molecule has 0 bridgehead atoms. The topological polar surface area (TPSA) is 64.4 Å². The number of benzene rings is 1. The molecule has 0 aliphatic carbocycles. The Morgan fingerprint density at radius 3 is 2.86 bits per heavy atom. The lowest BCUT2D eigenvalue weighted by atomic mass is 10.2. The van der Waals surface area contributed by atoms with Crippen molar-refractivity contribution in [2.24, 2.45) is 0 Å². The lowest BCUT2D eigenvalue weighted by Crippen LogP contribution is -2.20. The zero-order chi connectivity index (χ0) is 14.7. The molecule has 3 rings (SSSR count). The highest BCUT2D eigenvalue weighted by atomic mass is 32.2. The maximum atomic E-state index is 12.4. The van der Waals surface area contributed by atoms with E-state index in [0.29, 0.717) is 23.9 Å². The number of hydrogen-bond acceptors (Lipinski definition) is 5. The first-order chi connectivity index (χ1) is 10.2. The molecule has 21 heavy (non-hydrogen) atoms. The van der Waals surface area contributed by atoms with Crippen LogP contribution in [0.25, 0.3) is 4.91 Å². The summed E-state index contributed by atoms with van der Waals surface area (Å²) in [5.74, 6) is 1.14. The van der Waals surface area contributed by atoms with E-state index in [4.69, 9.17) is 9.26 Å². The molecule has 0 saturated carbocycles. The maximum Gasteiger partial charge on any atom is 0.294 e. The third-order valence-corrected chi connectivity index (χ3v) is 3.97. The second kappa shape index (κ2) is 6.05. The third kappa shape index (κ3) is 3.11. The minimum Gasteiger partial charge on any atom is -0.486 e. The zero-order valence-electron chi connectivity index (χ0n) is 11.5. The number of hydrogen-bond donors (Lipinski definition) is 1. The van der Waals surface area contributed by atoms with E-state index in [9.17, 15) is 4.79 Å². The van der Waals surface area contributed by atoms with Crippen LogP contribution in [-0.2, 0) is 9.53 Å². The van der Waals surface area contributed by atoms with Crippen LogP contribution in [0.1, 0.15) is 11.3 Å². The quantitative estimate of drug-likeness (QED) is 0.944. The summed E-state index contributed by atoms with van der Waals surface area (Å²) in [6.45, 7) is 2.31. The molecule has 0 saturated heterocycles. The average molecular weight is 302 g/mol. The van der Waals surface area contributed by atoms with E-state index in [1.165, 1.54) is 0 Å². The normalized spacial score (nSPS) is 14.7. The standard InChI is InChI=1S/C15H14N2O3S/c1-10-9-12(20-17-10)16-15(18)13-14(21-8-7-19-13)11-5-3-2-4-6-11/h2-6,9H,7-8H2,1H3,(H,16,18). The number of carbonyl (C=O) groups excluding carboxylic acids is 1. The van der Waals surface area contributed by atoms with Crippen LogP contribution in [0.3, 0.4) is 0 Å². The Hall–Kier alpha value is -2.21. The Balaban J connectivity index is 1.89. The van der Waals surface area contributed by atoms with Gasteiger partial charge in [0, 0.05) is 11.8 Å². The van der Waals surface area contributed by atoms with Gasteiger partial charge in [0.2, 0.25) is 5.88 Å². The number of aromatic nitrogens is 1. The summed E-state index contributed by atoms with van der Waals surface area (Å²) in [6, 6.07) is 11.4. The predicted octanol–water partition coefficient (Wildman–Crippen LogP) is 3.05. The van der Waals surface area contributed by atoms with Gasteiger partial charge in [-0.05, 0) is 12.5 Å². The minimum absolute atomic E-state index is 0.316. The van der Waals surface area contributed by atoms with E-state index in [-0.39, 0.29) is 5.91 Å².